The van der Waals surface area contributed by atoms with Crippen molar-refractivity contribution in [2.75, 3.05) is 16.8 Å². The molecule has 1 aromatic rings. The summed E-state index contributed by atoms with van der Waals surface area (Å²) in [5.74, 6) is 0.890. The van der Waals surface area contributed by atoms with E-state index < -0.39 is 0 Å². The third kappa shape index (κ3) is 2.23. The Balaban J connectivity index is 1.76. The quantitative estimate of drug-likeness (QED) is 0.884. The summed E-state index contributed by atoms with van der Waals surface area (Å²) < 4.78 is 0. The molecule has 2 amide bonds. The van der Waals surface area contributed by atoms with Crippen molar-refractivity contribution in [2.45, 2.75) is 26.7 Å². The van der Waals surface area contributed by atoms with Gasteiger partial charge in [-0.25, -0.2) is 0 Å². The van der Waals surface area contributed by atoms with Gasteiger partial charge < -0.3 is 10.2 Å². The standard InChI is InChI=1S/C15H18N2O2/c1-9-7-13(9)15(19)16-12-3-4-14-11(8-12)5-6-17(14)10(2)18/h3-4,8-9,13H,5-7H2,1-2H3,(H,16,19). The molecule has 1 N–H and O–H groups in total. The fourth-order valence-corrected chi connectivity index (χ4v) is 2.73. The summed E-state index contributed by atoms with van der Waals surface area (Å²) in [6.45, 7) is 4.42. The van der Waals surface area contributed by atoms with Crippen LogP contribution in [0.4, 0.5) is 11.4 Å². The molecular formula is C15H18N2O2. The summed E-state index contributed by atoms with van der Waals surface area (Å²) in [6, 6.07) is 5.80. The number of nitrogens with one attached hydrogen (secondary N) is 1. The predicted octanol–water partition coefficient (Wildman–Crippen LogP) is 2.19. The summed E-state index contributed by atoms with van der Waals surface area (Å²) in [7, 11) is 0. The second-order valence-electron chi connectivity index (χ2n) is 5.57. The van der Waals surface area contributed by atoms with Crippen LogP contribution in [0, 0.1) is 11.8 Å². The molecule has 0 radical (unpaired) electrons. The second-order valence-corrected chi connectivity index (χ2v) is 5.57. The van der Waals surface area contributed by atoms with Crippen molar-refractivity contribution in [3.05, 3.63) is 23.8 Å². The number of carbonyl (C=O) groups is 2. The van der Waals surface area contributed by atoms with Crippen LogP contribution in [0.25, 0.3) is 0 Å². The summed E-state index contributed by atoms with van der Waals surface area (Å²) in [6.07, 6.45) is 1.85. The van der Waals surface area contributed by atoms with Gasteiger partial charge in [0.05, 0.1) is 0 Å². The average molecular weight is 258 g/mol. The molecule has 1 aliphatic carbocycles. The Kier molecular flexibility index (Phi) is 2.81. The Hall–Kier alpha value is -1.84. The lowest BCUT2D eigenvalue weighted by Crippen LogP contribution is -2.25. The van der Waals surface area contributed by atoms with Gasteiger partial charge in [-0.05, 0) is 42.5 Å². The van der Waals surface area contributed by atoms with Crippen LogP contribution < -0.4 is 10.2 Å². The Bertz CT molecular complexity index is 553. The van der Waals surface area contributed by atoms with Crippen LogP contribution in [-0.4, -0.2) is 18.4 Å². The predicted molar refractivity (Wildman–Crippen MR) is 74.1 cm³/mol. The maximum absolute atomic E-state index is 11.9. The van der Waals surface area contributed by atoms with Crippen molar-refractivity contribution in [1.82, 2.24) is 0 Å². The van der Waals surface area contributed by atoms with Gasteiger partial charge in [-0.1, -0.05) is 6.92 Å². The van der Waals surface area contributed by atoms with Crippen LogP contribution in [0.15, 0.2) is 18.2 Å². The molecular weight excluding hydrogens is 240 g/mol. The number of rotatable bonds is 2. The van der Waals surface area contributed by atoms with E-state index in [9.17, 15) is 9.59 Å². The molecule has 1 fully saturated rings. The summed E-state index contributed by atoms with van der Waals surface area (Å²) in [5.41, 5.74) is 2.95. The van der Waals surface area contributed by atoms with E-state index in [4.69, 9.17) is 0 Å². The molecule has 2 aliphatic rings. The number of fused-ring (bicyclic) bond motifs is 1. The minimum absolute atomic E-state index is 0.0716. The SMILES string of the molecule is CC(=O)N1CCc2cc(NC(=O)C3CC3C)ccc21. The van der Waals surface area contributed by atoms with Gasteiger partial charge in [-0.2, -0.15) is 0 Å². The average Bonchev–Trinajstić information content (AvgIpc) is 2.95. The number of anilines is 2. The largest absolute Gasteiger partial charge is 0.326 e. The van der Waals surface area contributed by atoms with Crippen molar-refractivity contribution < 1.29 is 9.59 Å². The maximum Gasteiger partial charge on any atom is 0.227 e. The molecule has 0 aromatic heterocycles. The molecule has 100 valence electrons. The first-order valence-electron chi connectivity index (χ1n) is 6.78. The van der Waals surface area contributed by atoms with Crippen LogP contribution in [-0.2, 0) is 16.0 Å². The number of hydrogen-bond acceptors (Lipinski definition) is 2. The molecule has 1 aliphatic heterocycles. The summed E-state index contributed by atoms with van der Waals surface area (Å²) in [4.78, 5) is 25.1. The second kappa shape index (κ2) is 4.37. The van der Waals surface area contributed by atoms with E-state index in [1.165, 1.54) is 0 Å². The molecule has 0 saturated heterocycles. The van der Waals surface area contributed by atoms with E-state index in [2.05, 4.69) is 12.2 Å². The molecule has 1 heterocycles. The zero-order valence-electron chi connectivity index (χ0n) is 11.3. The molecule has 19 heavy (non-hydrogen) atoms. The van der Waals surface area contributed by atoms with Gasteiger partial charge in [0.2, 0.25) is 11.8 Å². The maximum atomic E-state index is 11.9. The minimum atomic E-state index is 0.0716. The number of hydrogen-bond donors (Lipinski definition) is 1. The van der Waals surface area contributed by atoms with Gasteiger partial charge in [-0.3, -0.25) is 9.59 Å². The number of nitrogens with zero attached hydrogens (tertiary/aromatic N) is 1. The number of carbonyl (C=O) groups excluding carboxylic acids is 2. The van der Waals surface area contributed by atoms with Crippen molar-refractivity contribution >= 4 is 23.2 Å². The molecule has 2 atom stereocenters. The molecule has 1 saturated carbocycles. The van der Waals surface area contributed by atoms with Gasteiger partial charge in [0.15, 0.2) is 0 Å². The molecule has 4 heteroatoms. The first kappa shape index (κ1) is 12.2. The van der Waals surface area contributed by atoms with Gasteiger partial charge in [0, 0.05) is 30.8 Å². The van der Waals surface area contributed by atoms with Crippen molar-refractivity contribution in [1.29, 1.82) is 0 Å². The topological polar surface area (TPSA) is 49.4 Å². The van der Waals surface area contributed by atoms with E-state index in [-0.39, 0.29) is 17.7 Å². The minimum Gasteiger partial charge on any atom is -0.326 e. The highest BCUT2D eigenvalue weighted by atomic mass is 16.2. The highest BCUT2D eigenvalue weighted by molar-refractivity contribution is 5.96. The molecule has 3 rings (SSSR count). The fraction of sp³-hybridized carbons (Fsp3) is 0.467. The molecule has 0 spiro atoms. The van der Waals surface area contributed by atoms with Crippen molar-refractivity contribution in [3.63, 3.8) is 0 Å². The van der Waals surface area contributed by atoms with Gasteiger partial charge >= 0.3 is 0 Å². The Morgan fingerprint density at radius 3 is 2.74 bits per heavy atom. The van der Waals surface area contributed by atoms with Crippen molar-refractivity contribution in [3.8, 4) is 0 Å². The van der Waals surface area contributed by atoms with E-state index in [1.54, 1.807) is 11.8 Å². The highest BCUT2D eigenvalue weighted by Gasteiger charge is 2.39. The third-order valence-corrected chi connectivity index (χ3v) is 4.07. The van der Waals surface area contributed by atoms with Gasteiger partial charge in [-0.15, -0.1) is 0 Å². The van der Waals surface area contributed by atoms with E-state index >= 15 is 0 Å². The Labute approximate surface area is 112 Å². The first-order chi connectivity index (χ1) is 9.06. The fourth-order valence-electron chi connectivity index (χ4n) is 2.73. The molecule has 1 aromatic carbocycles. The lowest BCUT2D eigenvalue weighted by atomic mass is 10.1. The van der Waals surface area contributed by atoms with Crippen LogP contribution in [0.2, 0.25) is 0 Å². The monoisotopic (exact) mass is 258 g/mol. The number of amides is 2. The lowest BCUT2D eigenvalue weighted by molar-refractivity contribution is -0.118. The Morgan fingerprint density at radius 2 is 2.11 bits per heavy atom. The molecule has 4 nitrogen and oxygen atoms in total. The van der Waals surface area contributed by atoms with Crippen molar-refractivity contribution in [2.24, 2.45) is 11.8 Å². The van der Waals surface area contributed by atoms with E-state index in [1.807, 2.05) is 18.2 Å². The van der Waals surface area contributed by atoms with Crippen LogP contribution in [0.1, 0.15) is 25.8 Å². The van der Waals surface area contributed by atoms with Gasteiger partial charge in [0.1, 0.15) is 0 Å². The highest BCUT2D eigenvalue weighted by Crippen LogP contribution is 2.39. The summed E-state index contributed by atoms with van der Waals surface area (Å²) >= 11 is 0. The normalized spacial score (nSPS) is 24.0. The smallest absolute Gasteiger partial charge is 0.227 e. The van der Waals surface area contributed by atoms with Crippen LogP contribution in [0.5, 0.6) is 0 Å². The van der Waals surface area contributed by atoms with E-state index in [0.717, 1.165) is 36.3 Å². The summed E-state index contributed by atoms with van der Waals surface area (Å²) in [5, 5.41) is 2.97. The van der Waals surface area contributed by atoms with Crippen LogP contribution >= 0.6 is 0 Å². The lowest BCUT2D eigenvalue weighted by Gasteiger charge is -2.15. The zero-order chi connectivity index (χ0) is 13.6. The first-order valence-corrected chi connectivity index (χ1v) is 6.78. The van der Waals surface area contributed by atoms with E-state index in [0.29, 0.717) is 5.92 Å². The van der Waals surface area contributed by atoms with Gasteiger partial charge in [0.25, 0.3) is 0 Å². The zero-order valence-corrected chi connectivity index (χ0v) is 11.3. The van der Waals surface area contributed by atoms with Crippen LogP contribution in [0.3, 0.4) is 0 Å². The number of benzene rings is 1. The molecule has 0 bridgehead atoms. The molecule has 2 unspecified atom stereocenters. The Morgan fingerprint density at radius 1 is 1.37 bits per heavy atom. The third-order valence-electron chi connectivity index (χ3n) is 4.07.